The van der Waals surface area contributed by atoms with E-state index in [9.17, 15) is 9.59 Å². The third-order valence-electron chi connectivity index (χ3n) is 4.20. The molecule has 0 unspecified atom stereocenters. The number of methoxy groups -OCH3 is 1. The number of ether oxygens (including phenoxy) is 2. The summed E-state index contributed by atoms with van der Waals surface area (Å²) in [6.45, 7) is 2.22. The number of benzene rings is 2. The number of carbonyl (C=O) groups excluding carboxylic acids is 2. The molecule has 0 spiro atoms. The van der Waals surface area contributed by atoms with Gasteiger partial charge in [-0.05, 0) is 71.5 Å². The highest BCUT2D eigenvalue weighted by Crippen LogP contribution is 2.37. The molecule has 1 N–H and O–H groups in total. The summed E-state index contributed by atoms with van der Waals surface area (Å²) in [5, 5.41) is 3.26. The Morgan fingerprint density at radius 2 is 2.13 bits per heavy atom. The summed E-state index contributed by atoms with van der Waals surface area (Å²) < 4.78 is 12.5. The SMILES string of the molecule is CCN1C(=O)/C(=C/c2cc(I)c(OCC(=O)Nc3cccc(Cl)c3)c(OC)c2)SC1=S. The van der Waals surface area contributed by atoms with Crippen LogP contribution in [0.1, 0.15) is 12.5 Å². The molecule has 1 heterocycles. The molecule has 1 aliphatic rings. The highest BCUT2D eigenvalue weighted by Gasteiger charge is 2.30. The van der Waals surface area contributed by atoms with Gasteiger partial charge in [-0.15, -0.1) is 0 Å². The number of hydrogen-bond donors (Lipinski definition) is 1. The highest BCUT2D eigenvalue weighted by atomic mass is 127. The normalized spacial score (nSPS) is 14.8. The van der Waals surface area contributed by atoms with Gasteiger partial charge in [-0.3, -0.25) is 14.5 Å². The lowest BCUT2D eigenvalue weighted by Gasteiger charge is -2.14. The molecule has 2 aromatic rings. The molecule has 0 aliphatic carbocycles. The van der Waals surface area contributed by atoms with Gasteiger partial charge in [-0.2, -0.15) is 0 Å². The average molecular weight is 589 g/mol. The van der Waals surface area contributed by atoms with Crippen molar-refractivity contribution in [3.63, 3.8) is 0 Å². The maximum atomic E-state index is 12.4. The average Bonchev–Trinajstić information content (AvgIpc) is 2.99. The fourth-order valence-electron chi connectivity index (χ4n) is 2.79. The van der Waals surface area contributed by atoms with Gasteiger partial charge < -0.3 is 14.8 Å². The number of nitrogens with zero attached hydrogens (tertiary/aromatic N) is 1. The predicted octanol–water partition coefficient (Wildman–Crippen LogP) is 5.19. The van der Waals surface area contributed by atoms with Gasteiger partial charge in [0.1, 0.15) is 4.32 Å². The van der Waals surface area contributed by atoms with Crippen LogP contribution in [0.2, 0.25) is 5.02 Å². The van der Waals surface area contributed by atoms with Crippen molar-refractivity contribution >= 4 is 86.1 Å². The Kier molecular flexibility index (Phi) is 8.20. The molecular formula is C21H18ClIN2O4S2. The van der Waals surface area contributed by atoms with Crippen LogP contribution in [0.25, 0.3) is 6.08 Å². The summed E-state index contributed by atoms with van der Waals surface area (Å²) in [6, 6.07) is 10.5. The van der Waals surface area contributed by atoms with Crippen LogP contribution < -0.4 is 14.8 Å². The van der Waals surface area contributed by atoms with E-state index in [0.717, 1.165) is 9.13 Å². The minimum Gasteiger partial charge on any atom is -0.493 e. The van der Waals surface area contributed by atoms with Crippen molar-refractivity contribution in [3.05, 3.63) is 55.5 Å². The number of carbonyl (C=O) groups is 2. The van der Waals surface area contributed by atoms with Crippen LogP contribution in [0.4, 0.5) is 5.69 Å². The molecular weight excluding hydrogens is 571 g/mol. The molecule has 6 nitrogen and oxygen atoms in total. The number of likely N-dealkylation sites (N-methyl/N-ethyl adjacent to an activating group) is 1. The highest BCUT2D eigenvalue weighted by molar-refractivity contribution is 14.1. The maximum Gasteiger partial charge on any atom is 0.266 e. The number of rotatable bonds is 7. The summed E-state index contributed by atoms with van der Waals surface area (Å²) >= 11 is 14.6. The Morgan fingerprint density at radius 1 is 1.35 bits per heavy atom. The van der Waals surface area contributed by atoms with Crippen molar-refractivity contribution in [3.8, 4) is 11.5 Å². The standard InChI is InChI=1S/C21H18ClIN2O4S2/c1-3-25-20(27)17(31-21(25)30)9-12-7-15(23)19(16(8-12)28-2)29-11-18(26)24-14-6-4-5-13(22)10-14/h4-10H,3,11H2,1-2H3,(H,24,26)/b17-9-. The summed E-state index contributed by atoms with van der Waals surface area (Å²) in [5.74, 6) is 0.471. The van der Waals surface area contributed by atoms with E-state index >= 15 is 0 Å². The second-order valence-electron chi connectivity index (χ2n) is 6.31. The predicted molar refractivity (Wildman–Crippen MR) is 137 cm³/mol. The van der Waals surface area contributed by atoms with Gasteiger partial charge in [0.15, 0.2) is 18.1 Å². The van der Waals surface area contributed by atoms with Crippen LogP contribution in [-0.4, -0.2) is 41.3 Å². The Hall–Kier alpha value is -1.82. The van der Waals surface area contributed by atoms with Crippen LogP contribution in [0, 0.1) is 3.57 Å². The van der Waals surface area contributed by atoms with E-state index in [1.807, 2.05) is 13.0 Å². The summed E-state index contributed by atoms with van der Waals surface area (Å²) in [7, 11) is 1.52. The zero-order chi connectivity index (χ0) is 22.5. The molecule has 1 fully saturated rings. The quantitative estimate of drug-likeness (QED) is 0.273. The molecule has 3 rings (SSSR count). The monoisotopic (exact) mass is 588 g/mol. The molecule has 31 heavy (non-hydrogen) atoms. The van der Waals surface area contributed by atoms with Crippen molar-refractivity contribution in [2.24, 2.45) is 0 Å². The molecule has 0 bridgehead atoms. The fourth-order valence-corrected chi connectivity index (χ4v) is 5.14. The van der Waals surface area contributed by atoms with Crippen molar-refractivity contribution in [2.45, 2.75) is 6.92 Å². The zero-order valence-electron chi connectivity index (χ0n) is 16.6. The van der Waals surface area contributed by atoms with Crippen LogP contribution >= 0.6 is 58.2 Å². The van der Waals surface area contributed by atoms with Gasteiger partial charge >= 0.3 is 0 Å². The lowest BCUT2D eigenvalue weighted by molar-refractivity contribution is -0.122. The molecule has 0 aromatic heterocycles. The number of nitrogens with one attached hydrogen (secondary N) is 1. The minimum absolute atomic E-state index is 0.107. The van der Waals surface area contributed by atoms with Crippen LogP contribution in [0.3, 0.4) is 0 Å². The van der Waals surface area contributed by atoms with Crippen LogP contribution in [-0.2, 0) is 9.59 Å². The van der Waals surface area contributed by atoms with Crippen molar-refractivity contribution in [1.29, 1.82) is 0 Å². The lowest BCUT2D eigenvalue weighted by atomic mass is 10.2. The second kappa shape index (κ2) is 10.7. The molecule has 162 valence electrons. The van der Waals surface area contributed by atoms with Crippen molar-refractivity contribution < 1.29 is 19.1 Å². The number of thiocarbonyl (C=S) groups is 1. The first kappa shape index (κ1) is 23.8. The number of anilines is 1. The third-order valence-corrected chi connectivity index (χ3v) is 6.61. The second-order valence-corrected chi connectivity index (χ2v) is 9.58. The molecule has 10 heteroatoms. The van der Waals surface area contributed by atoms with Gasteiger partial charge in [0, 0.05) is 17.3 Å². The minimum atomic E-state index is -0.326. The van der Waals surface area contributed by atoms with Crippen LogP contribution in [0.5, 0.6) is 11.5 Å². The molecule has 0 radical (unpaired) electrons. The smallest absolute Gasteiger partial charge is 0.266 e. The van der Waals surface area contributed by atoms with Gasteiger partial charge in [0.05, 0.1) is 15.6 Å². The Bertz CT molecular complexity index is 1080. The summed E-state index contributed by atoms with van der Waals surface area (Å²) in [5.41, 5.74) is 1.36. The first-order valence-corrected chi connectivity index (χ1v) is 11.8. The largest absolute Gasteiger partial charge is 0.493 e. The first-order chi connectivity index (χ1) is 14.8. The van der Waals surface area contributed by atoms with Gasteiger partial charge in [0.2, 0.25) is 0 Å². The Balaban J connectivity index is 1.74. The Morgan fingerprint density at radius 3 is 2.77 bits per heavy atom. The number of thioether (sulfide) groups is 1. The zero-order valence-corrected chi connectivity index (χ0v) is 21.2. The van der Waals surface area contributed by atoms with E-state index in [1.165, 1.54) is 18.9 Å². The number of amides is 2. The van der Waals surface area contributed by atoms with Gasteiger partial charge in [-0.25, -0.2) is 0 Å². The van der Waals surface area contributed by atoms with E-state index in [1.54, 1.807) is 41.3 Å². The maximum absolute atomic E-state index is 12.4. The number of halogens is 2. The summed E-state index contributed by atoms with van der Waals surface area (Å²) in [6.07, 6.45) is 1.77. The molecule has 0 atom stereocenters. The third kappa shape index (κ3) is 5.91. The number of hydrogen-bond acceptors (Lipinski definition) is 6. The van der Waals surface area contributed by atoms with Gasteiger partial charge in [0.25, 0.3) is 11.8 Å². The molecule has 1 saturated heterocycles. The van der Waals surface area contributed by atoms with Gasteiger partial charge in [-0.1, -0.05) is 41.6 Å². The van der Waals surface area contributed by atoms with Crippen LogP contribution in [0.15, 0.2) is 41.3 Å². The van der Waals surface area contributed by atoms with Crippen molar-refractivity contribution in [1.82, 2.24) is 4.90 Å². The van der Waals surface area contributed by atoms with E-state index in [2.05, 4.69) is 27.9 Å². The molecule has 2 aromatic carbocycles. The lowest BCUT2D eigenvalue weighted by Crippen LogP contribution is -2.27. The topological polar surface area (TPSA) is 67.9 Å². The van der Waals surface area contributed by atoms with E-state index in [4.69, 9.17) is 33.3 Å². The first-order valence-electron chi connectivity index (χ1n) is 9.13. The van der Waals surface area contributed by atoms with Crippen molar-refractivity contribution in [2.75, 3.05) is 25.6 Å². The summed E-state index contributed by atoms with van der Waals surface area (Å²) in [4.78, 5) is 26.8. The molecule has 0 saturated carbocycles. The van der Waals surface area contributed by atoms with E-state index in [0.29, 0.717) is 38.0 Å². The van der Waals surface area contributed by atoms with E-state index in [-0.39, 0.29) is 18.4 Å². The Labute approximate surface area is 208 Å². The molecule has 2 amide bonds. The fraction of sp³-hybridized carbons (Fsp3) is 0.190. The van der Waals surface area contributed by atoms with E-state index < -0.39 is 0 Å². The molecule has 1 aliphatic heterocycles.